The first-order chi connectivity index (χ1) is 11.8. The second-order valence-corrected chi connectivity index (χ2v) is 10.8. The van der Waals surface area contributed by atoms with Gasteiger partial charge in [-0.3, -0.25) is 4.79 Å². The Morgan fingerprint density at radius 2 is 1.65 bits per heavy atom. The van der Waals surface area contributed by atoms with Gasteiger partial charge >= 0.3 is 0 Å². The van der Waals surface area contributed by atoms with Crippen molar-refractivity contribution in [3.8, 4) is 5.75 Å². The summed E-state index contributed by atoms with van der Waals surface area (Å²) in [6.45, 7) is 20.5. The minimum atomic E-state index is -0.199. The molecular formula is C24H34O2. The van der Waals surface area contributed by atoms with Crippen LogP contribution in [0, 0.1) is 11.3 Å². The van der Waals surface area contributed by atoms with Crippen LogP contribution in [0.4, 0.5) is 0 Å². The van der Waals surface area contributed by atoms with Crippen LogP contribution in [0.25, 0.3) is 5.57 Å². The number of ether oxygens (including phenoxy) is 1. The maximum Gasteiger partial charge on any atom is 0.160 e. The van der Waals surface area contributed by atoms with Gasteiger partial charge in [0.15, 0.2) is 5.78 Å². The number of ketones is 1. The van der Waals surface area contributed by atoms with Crippen LogP contribution >= 0.6 is 0 Å². The van der Waals surface area contributed by atoms with E-state index in [1.807, 2.05) is 0 Å². The van der Waals surface area contributed by atoms with Crippen molar-refractivity contribution in [2.45, 2.75) is 79.6 Å². The third-order valence-corrected chi connectivity index (χ3v) is 5.87. The SMILES string of the molecule is CC(C)C1=C2c3cc(C(C)(C)C)cc(C(C)(C)C)c3OCC2(C)CC1=O. The van der Waals surface area contributed by atoms with Gasteiger partial charge in [0.05, 0.1) is 6.61 Å². The van der Waals surface area contributed by atoms with Crippen LogP contribution in [-0.2, 0) is 15.6 Å². The van der Waals surface area contributed by atoms with E-state index in [-0.39, 0.29) is 22.2 Å². The highest BCUT2D eigenvalue weighted by Crippen LogP contribution is 2.56. The number of carbonyl (C=O) groups excluding carboxylic acids is 1. The van der Waals surface area contributed by atoms with Crippen LogP contribution in [0.3, 0.4) is 0 Å². The average molecular weight is 355 g/mol. The van der Waals surface area contributed by atoms with Crippen molar-refractivity contribution in [3.63, 3.8) is 0 Å². The molecule has 142 valence electrons. The van der Waals surface area contributed by atoms with Crippen molar-refractivity contribution < 1.29 is 9.53 Å². The fraction of sp³-hybridized carbons (Fsp3) is 0.625. The molecule has 2 heteroatoms. The van der Waals surface area contributed by atoms with Gasteiger partial charge in [0.2, 0.25) is 0 Å². The van der Waals surface area contributed by atoms with E-state index in [1.54, 1.807) is 0 Å². The van der Waals surface area contributed by atoms with Crippen LogP contribution in [0.15, 0.2) is 17.7 Å². The Labute approximate surface area is 159 Å². The van der Waals surface area contributed by atoms with E-state index in [1.165, 1.54) is 16.7 Å². The lowest BCUT2D eigenvalue weighted by Crippen LogP contribution is -2.31. The number of carbonyl (C=O) groups is 1. The van der Waals surface area contributed by atoms with Gasteiger partial charge in [0.1, 0.15) is 5.75 Å². The van der Waals surface area contributed by atoms with E-state index in [0.717, 1.165) is 16.9 Å². The molecule has 1 aromatic rings. The van der Waals surface area contributed by atoms with E-state index in [2.05, 4.69) is 74.4 Å². The van der Waals surface area contributed by atoms with Crippen molar-refractivity contribution in [1.29, 1.82) is 0 Å². The zero-order valence-corrected chi connectivity index (χ0v) is 18.0. The molecule has 2 aliphatic rings. The van der Waals surface area contributed by atoms with Crippen molar-refractivity contribution in [3.05, 3.63) is 34.4 Å². The fourth-order valence-electron chi connectivity index (χ4n) is 4.40. The normalized spacial score (nSPS) is 23.2. The number of fused-ring (bicyclic) bond motifs is 3. The molecule has 0 fully saturated rings. The zero-order chi connectivity index (χ0) is 19.7. The van der Waals surface area contributed by atoms with Crippen LogP contribution < -0.4 is 4.74 Å². The van der Waals surface area contributed by atoms with E-state index < -0.39 is 0 Å². The molecule has 0 spiro atoms. The first-order valence-electron chi connectivity index (χ1n) is 9.86. The molecule has 0 N–H and O–H groups in total. The van der Waals surface area contributed by atoms with Crippen LogP contribution in [0.5, 0.6) is 5.75 Å². The third kappa shape index (κ3) is 2.92. The lowest BCUT2D eigenvalue weighted by atomic mass is 9.72. The summed E-state index contributed by atoms with van der Waals surface area (Å²) in [5, 5.41) is 0. The Morgan fingerprint density at radius 1 is 1.04 bits per heavy atom. The Hall–Kier alpha value is -1.57. The van der Waals surface area contributed by atoms with Crippen LogP contribution in [-0.4, -0.2) is 12.4 Å². The third-order valence-electron chi connectivity index (χ3n) is 5.87. The molecule has 1 unspecified atom stereocenters. The molecule has 0 aromatic heterocycles. The number of allylic oxidation sites excluding steroid dienone is 1. The first-order valence-corrected chi connectivity index (χ1v) is 9.86. The van der Waals surface area contributed by atoms with E-state index in [9.17, 15) is 4.79 Å². The molecule has 1 aliphatic heterocycles. The highest BCUT2D eigenvalue weighted by molar-refractivity contribution is 6.10. The maximum absolute atomic E-state index is 12.8. The van der Waals surface area contributed by atoms with Crippen molar-refractivity contribution in [2.24, 2.45) is 11.3 Å². The Kier molecular flexibility index (Phi) is 4.22. The Bertz CT molecular complexity index is 797. The predicted molar refractivity (Wildman–Crippen MR) is 109 cm³/mol. The summed E-state index contributed by atoms with van der Waals surface area (Å²) in [4.78, 5) is 12.8. The van der Waals surface area contributed by atoms with Crippen molar-refractivity contribution in [1.82, 2.24) is 0 Å². The minimum absolute atomic E-state index is 0.0136. The standard InChI is InChI=1S/C24H34O2/c1-14(2)19-18(25)12-24(9)13-26-21-16(20(19)24)10-15(22(3,4)5)11-17(21)23(6,7)8/h10-11,14H,12-13H2,1-9H3. The van der Waals surface area contributed by atoms with Gasteiger partial charge in [-0.25, -0.2) is 0 Å². The summed E-state index contributed by atoms with van der Waals surface area (Å²) in [6.07, 6.45) is 0.569. The van der Waals surface area contributed by atoms with Crippen LogP contribution in [0.2, 0.25) is 0 Å². The minimum Gasteiger partial charge on any atom is -0.492 e. The van der Waals surface area contributed by atoms with Gasteiger partial charge in [-0.15, -0.1) is 0 Å². The molecule has 1 aromatic carbocycles. The lowest BCUT2D eigenvalue weighted by Gasteiger charge is -2.38. The molecule has 1 aliphatic carbocycles. The number of rotatable bonds is 1. The lowest BCUT2D eigenvalue weighted by molar-refractivity contribution is -0.116. The average Bonchev–Trinajstić information content (AvgIpc) is 2.74. The summed E-state index contributed by atoms with van der Waals surface area (Å²) in [5.41, 5.74) is 5.81. The molecular weight excluding hydrogens is 320 g/mol. The molecule has 0 amide bonds. The summed E-state index contributed by atoms with van der Waals surface area (Å²) in [7, 11) is 0. The summed E-state index contributed by atoms with van der Waals surface area (Å²) < 4.78 is 6.36. The van der Waals surface area contributed by atoms with Crippen LogP contribution in [0.1, 0.15) is 85.4 Å². The van der Waals surface area contributed by atoms with Crippen molar-refractivity contribution in [2.75, 3.05) is 6.61 Å². The van der Waals surface area contributed by atoms with Gasteiger partial charge in [-0.1, -0.05) is 68.4 Å². The molecule has 3 rings (SSSR count). The summed E-state index contributed by atoms with van der Waals surface area (Å²) in [5.74, 6) is 1.53. The number of benzene rings is 1. The van der Waals surface area contributed by atoms with Gasteiger partial charge in [-0.05, 0) is 34.0 Å². The number of Topliss-reactive ketones (excluding diaryl/α,β-unsaturated/α-hetero) is 1. The Balaban J connectivity index is 2.40. The van der Waals surface area contributed by atoms with E-state index >= 15 is 0 Å². The molecule has 0 bridgehead atoms. The molecule has 26 heavy (non-hydrogen) atoms. The number of hydrogen-bond acceptors (Lipinski definition) is 2. The fourth-order valence-corrected chi connectivity index (χ4v) is 4.40. The summed E-state index contributed by atoms with van der Waals surface area (Å²) in [6, 6.07) is 4.60. The van der Waals surface area contributed by atoms with Gasteiger partial charge in [0.25, 0.3) is 0 Å². The zero-order valence-electron chi connectivity index (χ0n) is 18.0. The highest BCUT2D eigenvalue weighted by atomic mass is 16.5. The molecule has 2 nitrogen and oxygen atoms in total. The molecule has 0 radical (unpaired) electrons. The highest BCUT2D eigenvalue weighted by Gasteiger charge is 2.48. The first kappa shape index (κ1) is 19.2. The quantitative estimate of drug-likeness (QED) is 0.612. The second-order valence-electron chi connectivity index (χ2n) is 10.8. The van der Waals surface area contributed by atoms with E-state index in [0.29, 0.717) is 18.8 Å². The summed E-state index contributed by atoms with van der Waals surface area (Å²) >= 11 is 0. The van der Waals surface area contributed by atoms with E-state index in [4.69, 9.17) is 4.74 Å². The largest absolute Gasteiger partial charge is 0.492 e. The maximum atomic E-state index is 12.8. The Morgan fingerprint density at radius 3 is 2.15 bits per heavy atom. The second kappa shape index (κ2) is 5.71. The molecule has 0 saturated heterocycles. The predicted octanol–water partition coefficient (Wildman–Crippen LogP) is 6.06. The van der Waals surface area contributed by atoms with Gasteiger partial charge < -0.3 is 4.74 Å². The smallest absolute Gasteiger partial charge is 0.160 e. The molecule has 1 heterocycles. The number of hydrogen-bond donors (Lipinski definition) is 0. The monoisotopic (exact) mass is 354 g/mol. The molecule has 0 saturated carbocycles. The molecule has 1 atom stereocenters. The topological polar surface area (TPSA) is 26.3 Å². The van der Waals surface area contributed by atoms with Gasteiger partial charge in [0, 0.05) is 28.5 Å². The van der Waals surface area contributed by atoms with Crippen molar-refractivity contribution >= 4 is 11.4 Å². The van der Waals surface area contributed by atoms with Gasteiger partial charge in [-0.2, -0.15) is 0 Å².